The zero-order chi connectivity index (χ0) is 23.7. The van der Waals surface area contributed by atoms with Gasteiger partial charge in [0, 0.05) is 11.5 Å². The molecule has 0 aliphatic heterocycles. The molecule has 170 valence electrons. The summed E-state index contributed by atoms with van der Waals surface area (Å²) in [6, 6.07) is 14.6. The molecule has 0 spiro atoms. The van der Waals surface area contributed by atoms with Crippen molar-refractivity contribution in [3.63, 3.8) is 0 Å². The molecule has 0 heterocycles. The fraction of sp³-hybridized carbons (Fsp3) is 0.348. The molecule has 2 amide bonds. The summed E-state index contributed by atoms with van der Waals surface area (Å²) in [5.41, 5.74) is 0.145. The molecule has 1 saturated carbocycles. The predicted octanol–water partition coefficient (Wildman–Crippen LogP) is 3.26. The van der Waals surface area contributed by atoms with Crippen LogP contribution in [0.2, 0.25) is 0 Å². The smallest absolute Gasteiger partial charge is 0.421 e. The van der Waals surface area contributed by atoms with Gasteiger partial charge in [-0.2, -0.15) is 4.31 Å². The third kappa shape index (κ3) is 4.99. The molecular formula is C23H26N2O6S. The van der Waals surface area contributed by atoms with Gasteiger partial charge in [0.2, 0.25) is 0 Å². The lowest BCUT2D eigenvalue weighted by Gasteiger charge is -2.31. The van der Waals surface area contributed by atoms with Crippen LogP contribution in [0.5, 0.6) is 0 Å². The summed E-state index contributed by atoms with van der Waals surface area (Å²) in [7, 11) is -4.24. The minimum absolute atomic E-state index is 0.0499. The summed E-state index contributed by atoms with van der Waals surface area (Å²) in [6.45, 7) is 4.44. The molecule has 8 nitrogen and oxygen atoms in total. The number of nitrogens with one attached hydrogen (secondary N) is 1. The van der Waals surface area contributed by atoms with E-state index in [0.29, 0.717) is 16.3 Å². The van der Waals surface area contributed by atoms with Gasteiger partial charge in [0.25, 0.3) is 15.9 Å². The zero-order valence-corrected chi connectivity index (χ0v) is 18.9. The minimum Gasteiger partial charge on any atom is -0.464 e. The number of Topliss-reactive ketones (excluding diaryl/α,β-unsaturated/α-hetero) is 1. The highest BCUT2D eigenvalue weighted by Gasteiger charge is 2.44. The molecular weight excluding hydrogens is 432 g/mol. The lowest BCUT2D eigenvalue weighted by molar-refractivity contribution is -0.119. The van der Waals surface area contributed by atoms with E-state index < -0.39 is 21.7 Å². The molecule has 32 heavy (non-hydrogen) atoms. The molecule has 9 heteroatoms. The van der Waals surface area contributed by atoms with Crippen LogP contribution in [0.3, 0.4) is 0 Å². The summed E-state index contributed by atoms with van der Waals surface area (Å²) in [4.78, 5) is 35.9. The van der Waals surface area contributed by atoms with Crippen LogP contribution in [0.4, 0.5) is 4.79 Å². The number of sulfonamides is 1. The van der Waals surface area contributed by atoms with Crippen molar-refractivity contribution in [2.24, 2.45) is 5.92 Å². The van der Waals surface area contributed by atoms with Gasteiger partial charge in [0.1, 0.15) is 0 Å². The van der Waals surface area contributed by atoms with Crippen LogP contribution in [0.25, 0.3) is 0 Å². The van der Waals surface area contributed by atoms with E-state index in [1.807, 2.05) is 0 Å². The Kier molecular flexibility index (Phi) is 6.41. The Morgan fingerprint density at radius 2 is 1.62 bits per heavy atom. The van der Waals surface area contributed by atoms with Crippen LogP contribution in [-0.4, -0.2) is 47.7 Å². The molecule has 2 atom stereocenters. The van der Waals surface area contributed by atoms with E-state index in [4.69, 9.17) is 0 Å². The second-order valence-electron chi connectivity index (χ2n) is 8.76. The molecule has 2 aromatic carbocycles. The number of carboxylic acid groups (broad SMARTS) is 1. The zero-order valence-electron chi connectivity index (χ0n) is 18.1. The summed E-state index contributed by atoms with van der Waals surface area (Å²) >= 11 is 0. The highest BCUT2D eigenvalue weighted by Crippen LogP contribution is 2.48. The fourth-order valence-electron chi connectivity index (χ4n) is 3.65. The van der Waals surface area contributed by atoms with Crippen LogP contribution in [-0.2, 0) is 14.8 Å². The van der Waals surface area contributed by atoms with Crippen LogP contribution < -0.4 is 5.32 Å². The Balaban J connectivity index is 1.63. The van der Waals surface area contributed by atoms with Crippen molar-refractivity contribution >= 4 is 27.8 Å². The monoisotopic (exact) mass is 458 g/mol. The summed E-state index contributed by atoms with van der Waals surface area (Å²) < 4.78 is 26.1. The van der Waals surface area contributed by atoms with E-state index in [0.717, 1.165) is 5.56 Å². The number of hydrogen-bond donors (Lipinski definition) is 2. The Hall–Kier alpha value is -3.20. The minimum atomic E-state index is -4.24. The quantitative estimate of drug-likeness (QED) is 0.657. The van der Waals surface area contributed by atoms with Gasteiger partial charge >= 0.3 is 6.09 Å². The number of benzene rings is 2. The Morgan fingerprint density at radius 1 is 1.03 bits per heavy atom. The van der Waals surface area contributed by atoms with E-state index >= 15 is 0 Å². The van der Waals surface area contributed by atoms with Gasteiger partial charge in [0.15, 0.2) is 5.78 Å². The van der Waals surface area contributed by atoms with E-state index in [1.165, 1.54) is 32.9 Å². The Labute approximate surface area is 187 Å². The second kappa shape index (κ2) is 8.74. The first-order valence-electron chi connectivity index (χ1n) is 10.2. The number of ketones is 1. The maximum atomic E-state index is 12.8. The van der Waals surface area contributed by atoms with Gasteiger partial charge in [-0.15, -0.1) is 0 Å². The van der Waals surface area contributed by atoms with Crippen LogP contribution in [0.1, 0.15) is 49.0 Å². The SMILES string of the molecule is CC(C)(C)N(C(=O)O)S(=O)(=O)c1ccc([C@@H]2C[C@H]2C(=O)CNC(=O)c2ccccc2)cc1. The number of carbonyl (C=O) groups is 3. The maximum Gasteiger partial charge on any atom is 0.421 e. The predicted molar refractivity (Wildman–Crippen MR) is 118 cm³/mol. The molecule has 0 unspecified atom stereocenters. The van der Waals surface area contributed by atoms with Gasteiger partial charge in [0.05, 0.1) is 17.0 Å². The molecule has 1 aliphatic rings. The highest BCUT2D eigenvalue weighted by atomic mass is 32.2. The Morgan fingerprint density at radius 3 is 2.16 bits per heavy atom. The summed E-state index contributed by atoms with van der Waals surface area (Å²) in [5, 5.41) is 12.0. The molecule has 3 rings (SSSR count). The molecule has 0 bridgehead atoms. The van der Waals surface area contributed by atoms with Gasteiger partial charge in [-0.3, -0.25) is 9.59 Å². The second-order valence-corrected chi connectivity index (χ2v) is 10.5. The van der Waals surface area contributed by atoms with Crippen molar-refractivity contribution in [3.05, 3.63) is 65.7 Å². The standard InChI is InChI=1S/C23H26N2O6S/c1-23(2,3)25(22(28)29)32(30,31)17-11-9-15(10-12-17)18-13-19(18)20(26)14-24-21(27)16-7-5-4-6-8-16/h4-12,18-19H,13-14H2,1-3H3,(H,24,27)(H,28,29)/t18-,19+/m0/s1. The first kappa shape index (κ1) is 23.5. The number of carbonyl (C=O) groups excluding carboxylic acids is 2. The van der Waals surface area contributed by atoms with Crippen molar-refractivity contribution in [2.75, 3.05) is 6.54 Å². The van der Waals surface area contributed by atoms with E-state index in [1.54, 1.807) is 42.5 Å². The molecule has 2 aromatic rings. The van der Waals surface area contributed by atoms with Gasteiger partial charge < -0.3 is 10.4 Å². The summed E-state index contributed by atoms with van der Waals surface area (Å²) in [6.07, 6.45) is -0.929. The molecule has 1 fully saturated rings. The van der Waals surface area contributed by atoms with E-state index in [2.05, 4.69) is 5.32 Å². The highest BCUT2D eigenvalue weighted by molar-refractivity contribution is 7.89. The van der Waals surface area contributed by atoms with Crippen molar-refractivity contribution < 1.29 is 27.9 Å². The number of nitrogens with zero attached hydrogens (tertiary/aromatic N) is 1. The van der Waals surface area contributed by atoms with Crippen molar-refractivity contribution in [1.82, 2.24) is 9.62 Å². The third-order valence-electron chi connectivity index (χ3n) is 5.29. The van der Waals surface area contributed by atoms with Crippen LogP contribution >= 0.6 is 0 Å². The molecule has 1 aliphatic carbocycles. The average molecular weight is 459 g/mol. The molecule has 0 radical (unpaired) electrons. The van der Waals surface area contributed by atoms with Crippen molar-refractivity contribution in [2.45, 2.75) is 43.5 Å². The normalized spacial score (nSPS) is 18.0. The molecule has 2 N–H and O–H groups in total. The maximum absolute atomic E-state index is 12.8. The number of amides is 2. The summed E-state index contributed by atoms with van der Waals surface area (Å²) in [5.74, 6) is -0.682. The van der Waals surface area contributed by atoms with Crippen LogP contribution in [0.15, 0.2) is 59.5 Å². The van der Waals surface area contributed by atoms with Gasteiger partial charge in [-0.25, -0.2) is 13.2 Å². The van der Waals surface area contributed by atoms with Crippen molar-refractivity contribution in [3.8, 4) is 0 Å². The average Bonchev–Trinajstić information content (AvgIpc) is 3.52. The van der Waals surface area contributed by atoms with Gasteiger partial charge in [-0.05, 0) is 62.9 Å². The largest absolute Gasteiger partial charge is 0.464 e. The van der Waals surface area contributed by atoms with E-state index in [9.17, 15) is 27.9 Å². The van der Waals surface area contributed by atoms with E-state index in [-0.39, 0.29) is 35.0 Å². The Bertz CT molecular complexity index is 1120. The molecule has 0 aromatic heterocycles. The fourth-order valence-corrected chi connectivity index (χ4v) is 5.27. The third-order valence-corrected chi connectivity index (χ3v) is 7.35. The topological polar surface area (TPSA) is 121 Å². The number of rotatable bonds is 7. The lowest BCUT2D eigenvalue weighted by atomic mass is 10.1. The first-order chi connectivity index (χ1) is 14.9. The number of hydrogen-bond acceptors (Lipinski definition) is 5. The van der Waals surface area contributed by atoms with Gasteiger partial charge in [-0.1, -0.05) is 30.3 Å². The van der Waals surface area contributed by atoms with Crippen molar-refractivity contribution in [1.29, 1.82) is 0 Å². The molecule has 0 saturated heterocycles. The lowest BCUT2D eigenvalue weighted by Crippen LogP contribution is -2.48. The first-order valence-corrected chi connectivity index (χ1v) is 11.6. The van der Waals surface area contributed by atoms with Crippen LogP contribution in [0, 0.1) is 5.92 Å².